The van der Waals surface area contributed by atoms with Crippen LogP contribution in [0, 0.1) is 11.8 Å². The monoisotopic (exact) mass is 155 g/mol. The first kappa shape index (κ1) is 7.10. The molecule has 0 amide bonds. The van der Waals surface area contributed by atoms with Gasteiger partial charge in [0.1, 0.15) is 6.04 Å². The van der Waals surface area contributed by atoms with E-state index in [1.807, 2.05) is 0 Å². The summed E-state index contributed by atoms with van der Waals surface area (Å²) in [5.41, 5.74) is 0. The number of carboxylic acid groups (broad SMARTS) is 1. The smallest absolute Gasteiger partial charge is 0.320 e. The van der Waals surface area contributed by atoms with Gasteiger partial charge in [0, 0.05) is 0 Å². The van der Waals surface area contributed by atoms with Gasteiger partial charge in [0.2, 0.25) is 0 Å². The first-order valence-corrected chi connectivity index (χ1v) is 4.25. The Kier molecular flexibility index (Phi) is 1.60. The van der Waals surface area contributed by atoms with Gasteiger partial charge < -0.3 is 10.4 Å². The van der Waals surface area contributed by atoms with Gasteiger partial charge in [-0.05, 0) is 31.2 Å². The average Bonchev–Trinajstić information content (AvgIpc) is 2.41. The number of nitrogens with one attached hydrogen (secondary N) is 1. The average molecular weight is 155 g/mol. The summed E-state index contributed by atoms with van der Waals surface area (Å²) < 4.78 is 0. The molecular weight excluding hydrogens is 142 g/mol. The van der Waals surface area contributed by atoms with Crippen LogP contribution in [-0.4, -0.2) is 23.7 Å². The maximum Gasteiger partial charge on any atom is 0.320 e. The van der Waals surface area contributed by atoms with E-state index in [9.17, 15) is 4.79 Å². The Hall–Kier alpha value is -0.570. The molecule has 2 N–H and O–H groups in total. The number of rotatable bonds is 1. The van der Waals surface area contributed by atoms with Crippen molar-refractivity contribution < 1.29 is 9.90 Å². The topological polar surface area (TPSA) is 49.3 Å². The standard InChI is InChI=1S/C8H13NO2/c10-8(11)7-6-3-1-2-5(6)4-9-7/h5-7,9H,1-4H2,(H,10,11)/t5-,6+,7?/m0/s1. The van der Waals surface area contributed by atoms with E-state index in [2.05, 4.69) is 5.32 Å². The number of aliphatic carboxylic acids is 1. The highest BCUT2D eigenvalue weighted by Crippen LogP contribution is 2.37. The maximum atomic E-state index is 10.7. The van der Waals surface area contributed by atoms with Gasteiger partial charge in [-0.2, -0.15) is 0 Å². The molecule has 3 atom stereocenters. The molecule has 0 spiro atoms. The Balaban J connectivity index is 2.08. The second-order valence-corrected chi connectivity index (χ2v) is 3.58. The predicted molar refractivity (Wildman–Crippen MR) is 40.3 cm³/mol. The SMILES string of the molecule is O=C(O)C1NC[C@@H]2CCC[C@@H]12. The number of carbonyl (C=O) groups is 1. The third-order valence-electron chi connectivity index (χ3n) is 3.01. The summed E-state index contributed by atoms with van der Waals surface area (Å²) >= 11 is 0. The Bertz CT molecular complexity index is 181. The van der Waals surface area contributed by atoms with Gasteiger partial charge in [-0.1, -0.05) is 6.42 Å². The van der Waals surface area contributed by atoms with Gasteiger partial charge in [-0.25, -0.2) is 0 Å². The molecule has 0 aromatic rings. The van der Waals surface area contributed by atoms with Crippen LogP contribution in [0.1, 0.15) is 19.3 Å². The summed E-state index contributed by atoms with van der Waals surface area (Å²) in [4.78, 5) is 10.7. The van der Waals surface area contributed by atoms with E-state index < -0.39 is 5.97 Å². The van der Waals surface area contributed by atoms with Crippen LogP contribution in [0.25, 0.3) is 0 Å². The normalized spacial score (nSPS) is 42.4. The zero-order valence-corrected chi connectivity index (χ0v) is 6.42. The van der Waals surface area contributed by atoms with Crippen molar-refractivity contribution in [2.75, 3.05) is 6.54 Å². The van der Waals surface area contributed by atoms with Crippen molar-refractivity contribution in [3.8, 4) is 0 Å². The lowest BCUT2D eigenvalue weighted by atomic mass is 9.94. The number of carboxylic acids is 1. The van der Waals surface area contributed by atoms with E-state index >= 15 is 0 Å². The molecule has 1 unspecified atom stereocenters. The molecular formula is C8H13NO2. The second-order valence-electron chi connectivity index (χ2n) is 3.58. The lowest BCUT2D eigenvalue weighted by Gasteiger charge is -2.12. The highest BCUT2D eigenvalue weighted by Gasteiger charge is 2.42. The molecule has 11 heavy (non-hydrogen) atoms. The van der Waals surface area contributed by atoms with E-state index in [0.29, 0.717) is 11.8 Å². The zero-order chi connectivity index (χ0) is 7.84. The molecule has 0 aromatic carbocycles. The molecule has 2 fully saturated rings. The fourth-order valence-electron chi connectivity index (χ4n) is 2.46. The molecule has 3 nitrogen and oxygen atoms in total. The molecule has 2 rings (SSSR count). The van der Waals surface area contributed by atoms with Crippen molar-refractivity contribution in [2.45, 2.75) is 25.3 Å². The van der Waals surface area contributed by atoms with Crippen LogP contribution in [-0.2, 0) is 4.79 Å². The lowest BCUT2D eigenvalue weighted by Crippen LogP contribution is -2.35. The molecule has 1 aliphatic carbocycles. The molecule has 0 aromatic heterocycles. The van der Waals surface area contributed by atoms with Gasteiger partial charge in [0.25, 0.3) is 0 Å². The minimum absolute atomic E-state index is 0.248. The van der Waals surface area contributed by atoms with Crippen LogP contribution in [0.5, 0.6) is 0 Å². The van der Waals surface area contributed by atoms with Crippen LogP contribution < -0.4 is 5.32 Å². The molecule has 0 bridgehead atoms. The lowest BCUT2D eigenvalue weighted by molar-refractivity contribution is -0.140. The summed E-state index contributed by atoms with van der Waals surface area (Å²) in [6.45, 7) is 0.918. The predicted octanol–water partition coefficient (Wildman–Crippen LogP) is 0.459. The summed E-state index contributed by atoms with van der Waals surface area (Å²) in [6, 6.07) is -0.248. The quantitative estimate of drug-likeness (QED) is 0.578. The van der Waals surface area contributed by atoms with Crippen molar-refractivity contribution in [1.29, 1.82) is 0 Å². The largest absolute Gasteiger partial charge is 0.480 e. The molecule has 0 radical (unpaired) electrons. The molecule has 1 saturated carbocycles. The van der Waals surface area contributed by atoms with E-state index in [1.54, 1.807) is 0 Å². The second kappa shape index (κ2) is 2.48. The Labute approximate surface area is 65.8 Å². The molecule has 1 aliphatic heterocycles. The van der Waals surface area contributed by atoms with Gasteiger partial charge in [0.05, 0.1) is 0 Å². The van der Waals surface area contributed by atoms with Crippen molar-refractivity contribution >= 4 is 5.97 Å². The van der Waals surface area contributed by atoms with Crippen molar-refractivity contribution in [3.05, 3.63) is 0 Å². The van der Waals surface area contributed by atoms with E-state index in [0.717, 1.165) is 13.0 Å². The van der Waals surface area contributed by atoms with E-state index in [1.165, 1.54) is 12.8 Å². The van der Waals surface area contributed by atoms with E-state index in [-0.39, 0.29) is 6.04 Å². The summed E-state index contributed by atoms with van der Waals surface area (Å²) in [5, 5.41) is 11.9. The molecule has 3 heteroatoms. The van der Waals surface area contributed by atoms with Crippen LogP contribution >= 0.6 is 0 Å². The molecule has 1 heterocycles. The van der Waals surface area contributed by atoms with Gasteiger partial charge in [0.15, 0.2) is 0 Å². The van der Waals surface area contributed by atoms with Gasteiger partial charge in [-0.3, -0.25) is 4.79 Å². The first-order chi connectivity index (χ1) is 5.29. The van der Waals surface area contributed by atoms with Gasteiger partial charge >= 0.3 is 5.97 Å². The van der Waals surface area contributed by atoms with Crippen molar-refractivity contribution in [3.63, 3.8) is 0 Å². The molecule has 1 saturated heterocycles. The number of hydrogen-bond donors (Lipinski definition) is 2. The van der Waals surface area contributed by atoms with Crippen LogP contribution in [0.15, 0.2) is 0 Å². The summed E-state index contributed by atoms with van der Waals surface area (Å²) in [5.74, 6) is 0.406. The minimum atomic E-state index is -0.667. The third kappa shape index (κ3) is 1.03. The molecule has 2 aliphatic rings. The highest BCUT2D eigenvalue weighted by atomic mass is 16.4. The maximum absolute atomic E-state index is 10.7. The Morgan fingerprint density at radius 2 is 2.27 bits per heavy atom. The Morgan fingerprint density at radius 1 is 1.45 bits per heavy atom. The zero-order valence-electron chi connectivity index (χ0n) is 6.42. The number of hydrogen-bond acceptors (Lipinski definition) is 2. The van der Waals surface area contributed by atoms with Crippen LogP contribution in [0.2, 0.25) is 0 Å². The molecule has 62 valence electrons. The Morgan fingerprint density at radius 3 is 3.00 bits per heavy atom. The summed E-state index contributed by atoms with van der Waals surface area (Å²) in [7, 11) is 0. The van der Waals surface area contributed by atoms with E-state index in [4.69, 9.17) is 5.11 Å². The fraction of sp³-hybridized carbons (Fsp3) is 0.875. The fourth-order valence-corrected chi connectivity index (χ4v) is 2.46. The van der Waals surface area contributed by atoms with Crippen molar-refractivity contribution in [2.24, 2.45) is 11.8 Å². The summed E-state index contributed by atoms with van der Waals surface area (Å²) in [6.07, 6.45) is 3.55. The van der Waals surface area contributed by atoms with Crippen molar-refractivity contribution in [1.82, 2.24) is 5.32 Å². The first-order valence-electron chi connectivity index (χ1n) is 4.25. The minimum Gasteiger partial charge on any atom is -0.480 e. The highest BCUT2D eigenvalue weighted by molar-refractivity contribution is 5.74. The van der Waals surface area contributed by atoms with Crippen LogP contribution in [0.4, 0.5) is 0 Å². The third-order valence-corrected chi connectivity index (χ3v) is 3.01. The van der Waals surface area contributed by atoms with Gasteiger partial charge in [-0.15, -0.1) is 0 Å². The van der Waals surface area contributed by atoms with Crippen LogP contribution in [0.3, 0.4) is 0 Å². The number of fused-ring (bicyclic) bond motifs is 1.